The SMILES string of the molecule is CN(CC(=O)NCC1CCCO1)S(=O)(=O)c1cccc2cnccc12.Cl. The molecule has 26 heavy (non-hydrogen) atoms. The minimum atomic E-state index is -3.78. The lowest BCUT2D eigenvalue weighted by Crippen LogP contribution is -2.40. The molecule has 1 N–H and O–H groups in total. The fourth-order valence-electron chi connectivity index (χ4n) is 2.86. The van der Waals surface area contributed by atoms with Gasteiger partial charge in [0, 0.05) is 43.4 Å². The summed E-state index contributed by atoms with van der Waals surface area (Å²) in [6.45, 7) is 0.883. The number of carbonyl (C=O) groups excluding carboxylic acids is 1. The van der Waals surface area contributed by atoms with Crippen molar-refractivity contribution in [2.24, 2.45) is 0 Å². The normalized spacial score (nSPS) is 17.2. The quantitative estimate of drug-likeness (QED) is 0.796. The van der Waals surface area contributed by atoms with Crippen LogP contribution in [0, 0.1) is 0 Å². The van der Waals surface area contributed by atoms with E-state index in [1.54, 1.807) is 36.7 Å². The molecule has 0 radical (unpaired) electrons. The Balaban J connectivity index is 0.00000243. The lowest BCUT2D eigenvalue weighted by Gasteiger charge is -2.18. The number of ether oxygens (including phenoxy) is 1. The molecule has 1 atom stereocenters. The first kappa shape index (κ1) is 20.6. The Kier molecular flexibility index (Phi) is 6.94. The van der Waals surface area contributed by atoms with Crippen LogP contribution < -0.4 is 5.32 Å². The van der Waals surface area contributed by atoms with Crippen molar-refractivity contribution in [3.63, 3.8) is 0 Å². The van der Waals surface area contributed by atoms with Gasteiger partial charge in [-0.15, -0.1) is 12.4 Å². The third-order valence-corrected chi connectivity index (χ3v) is 6.11. The molecule has 2 aromatic rings. The largest absolute Gasteiger partial charge is 0.376 e. The van der Waals surface area contributed by atoms with Crippen molar-refractivity contribution in [1.29, 1.82) is 0 Å². The average molecular weight is 400 g/mol. The molecule has 0 spiro atoms. The van der Waals surface area contributed by atoms with Gasteiger partial charge in [0.15, 0.2) is 0 Å². The molecule has 1 amide bonds. The van der Waals surface area contributed by atoms with Crippen LogP contribution in [0.3, 0.4) is 0 Å². The second kappa shape index (κ2) is 8.77. The summed E-state index contributed by atoms with van der Waals surface area (Å²) < 4.78 is 32.2. The summed E-state index contributed by atoms with van der Waals surface area (Å²) in [6, 6.07) is 6.67. The van der Waals surface area contributed by atoms with E-state index in [4.69, 9.17) is 4.74 Å². The Labute approximate surface area is 159 Å². The van der Waals surface area contributed by atoms with Crippen LogP contribution in [-0.4, -0.2) is 56.5 Å². The molecule has 1 aromatic carbocycles. The first-order valence-corrected chi connectivity index (χ1v) is 9.60. The molecular formula is C17H22ClN3O4S. The number of hydrogen-bond acceptors (Lipinski definition) is 5. The molecule has 1 aliphatic rings. The van der Waals surface area contributed by atoms with Crippen LogP contribution in [0.2, 0.25) is 0 Å². The summed E-state index contributed by atoms with van der Waals surface area (Å²) in [6.07, 6.45) is 5.10. The van der Waals surface area contributed by atoms with Crippen LogP contribution in [-0.2, 0) is 19.6 Å². The monoisotopic (exact) mass is 399 g/mol. The van der Waals surface area contributed by atoms with Crippen molar-refractivity contribution in [1.82, 2.24) is 14.6 Å². The van der Waals surface area contributed by atoms with Gasteiger partial charge < -0.3 is 10.1 Å². The Morgan fingerprint density at radius 2 is 2.19 bits per heavy atom. The zero-order valence-corrected chi connectivity index (χ0v) is 16.1. The van der Waals surface area contributed by atoms with E-state index >= 15 is 0 Å². The Bertz CT molecular complexity index is 864. The van der Waals surface area contributed by atoms with Crippen LogP contribution in [0.1, 0.15) is 12.8 Å². The Morgan fingerprint density at radius 3 is 2.92 bits per heavy atom. The molecule has 0 saturated carbocycles. The highest BCUT2D eigenvalue weighted by atomic mass is 35.5. The van der Waals surface area contributed by atoms with E-state index in [1.165, 1.54) is 7.05 Å². The molecule has 0 bridgehead atoms. The van der Waals surface area contributed by atoms with Crippen LogP contribution in [0.5, 0.6) is 0 Å². The lowest BCUT2D eigenvalue weighted by molar-refractivity contribution is -0.121. The topological polar surface area (TPSA) is 88.6 Å². The number of hydrogen-bond donors (Lipinski definition) is 1. The van der Waals surface area contributed by atoms with Crippen molar-refractivity contribution >= 4 is 39.1 Å². The minimum absolute atomic E-state index is 0. The van der Waals surface area contributed by atoms with Crippen molar-refractivity contribution < 1.29 is 17.9 Å². The van der Waals surface area contributed by atoms with Gasteiger partial charge in [0.2, 0.25) is 15.9 Å². The highest BCUT2D eigenvalue weighted by Gasteiger charge is 2.25. The van der Waals surface area contributed by atoms with Gasteiger partial charge in [-0.3, -0.25) is 9.78 Å². The van der Waals surface area contributed by atoms with E-state index in [-0.39, 0.29) is 35.9 Å². The molecule has 1 fully saturated rings. The number of likely N-dealkylation sites (N-methyl/N-ethyl adjacent to an activating group) is 1. The van der Waals surface area contributed by atoms with Crippen molar-refractivity contribution in [2.75, 3.05) is 26.7 Å². The smallest absolute Gasteiger partial charge is 0.243 e. The number of nitrogens with one attached hydrogen (secondary N) is 1. The number of nitrogens with zero attached hydrogens (tertiary/aromatic N) is 2. The van der Waals surface area contributed by atoms with E-state index in [0.29, 0.717) is 18.5 Å². The summed E-state index contributed by atoms with van der Waals surface area (Å²) in [5.74, 6) is -0.344. The summed E-state index contributed by atoms with van der Waals surface area (Å²) >= 11 is 0. The fraction of sp³-hybridized carbons (Fsp3) is 0.412. The van der Waals surface area contributed by atoms with Gasteiger partial charge >= 0.3 is 0 Å². The highest BCUT2D eigenvalue weighted by molar-refractivity contribution is 7.89. The molecule has 7 nitrogen and oxygen atoms in total. The molecule has 0 aliphatic carbocycles. The molecule has 1 saturated heterocycles. The predicted octanol–water partition coefficient (Wildman–Crippen LogP) is 1.57. The number of carbonyl (C=O) groups is 1. The van der Waals surface area contributed by atoms with Crippen LogP contribution in [0.15, 0.2) is 41.6 Å². The van der Waals surface area contributed by atoms with Gasteiger partial charge in [-0.2, -0.15) is 4.31 Å². The Morgan fingerprint density at radius 1 is 1.38 bits per heavy atom. The second-order valence-corrected chi connectivity index (χ2v) is 8.07. The summed E-state index contributed by atoms with van der Waals surface area (Å²) in [4.78, 5) is 16.2. The van der Waals surface area contributed by atoms with E-state index in [1.807, 2.05) is 0 Å². The number of aromatic nitrogens is 1. The molecular weight excluding hydrogens is 378 g/mol. The summed E-state index contributed by atoms with van der Waals surface area (Å²) in [5, 5.41) is 4.06. The number of fused-ring (bicyclic) bond motifs is 1. The number of halogens is 1. The number of sulfonamides is 1. The van der Waals surface area contributed by atoms with Gasteiger partial charge in [0.05, 0.1) is 17.5 Å². The molecule has 3 rings (SSSR count). The van der Waals surface area contributed by atoms with Gasteiger partial charge in [-0.25, -0.2) is 8.42 Å². The maximum absolute atomic E-state index is 12.8. The molecule has 142 valence electrons. The van der Waals surface area contributed by atoms with Gasteiger partial charge in [0.25, 0.3) is 0 Å². The van der Waals surface area contributed by atoms with Crippen LogP contribution in [0.25, 0.3) is 10.8 Å². The number of rotatable bonds is 6. The fourth-order valence-corrected chi connectivity index (χ4v) is 4.20. The van der Waals surface area contributed by atoms with Gasteiger partial charge in [-0.1, -0.05) is 12.1 Å². The molecule has 1 aliphatic heterocycles. The third kappa shape index (κ3) is 4.50. The van der Waals surface area contributed by atoms with Crippen molar-refractivity contribution in [2.45, 2.75) is 23.8 Å². The van der Waals surface area contributed by atoms with Crippen molar-refractivity contribution in [3.8, 4) is 0 Å². The van der Waals surface area contributed by atoms with Crippen LogP contribution in [0.4, 0.5) is 0 Å². The first-order valence-electron chi connectivity index (χ1n) is 8.16. The maximum atomic E-state index is 12.8. The number of benzene rings is 1. The van der Waals surface area contributed by atoms with E-state index in [9.17, 15) is 13.2 Å². The maximum Gasteiger partial charge on any atom is 0.243 e. The molecule has 1 unspecified atom stereocenters. The van der Waals surface area contributed by atoms with Crippen molar-refractivity contribution in [3.05, 3.63) is 36.7 Å². The van der Waals surface area contributed by atoms with Gasteiger partial charge in [-0.05, 0) is 25.0 Å². The summed E-state index contributed by atoms with van der Waals surface area (Å²) in [7, 11) is -2.38. The number of pyridine rings is 1. The second-order valence-electron chi connectivity index (χ2n) is 6.05. The van der Waals surface area contributed by atoms with Gasteiger partial charge in [0.1, 0.15) is 0 Å². The standard InChI is InChI=1S/C17H21N3O4S.ClH/c1-20(12-17(21)19-11-14-5-3-9-24-14)25(22,23)16-6-2-4-13-10-18-8-7-15(13)16;/h2,4,6-8,10,14H,3,5,9,11-12H2,1H3,(H,19,21);1H. The molecule has 9 heteroatoms. The molecule has 1 aromatic heterocycles. The van der Waals surface area contributed by atoms with E-state index in [0.717, 1.165) is 22.5 Å². The van der Waals surface area contributed by atoms with E-state index < -0.39 is 10.0 Å². The summed E-state index contributed by atoms with van der Waals surface area (Å²) in [5.41, 5.74) is 0. The minimum Gasteiger partial charge on any atom is -0.376 e. The lowest BCUT2D eigenvalue weighted by atomic mass is 10.2. The number of amides is 1. The Hall–Kier alpha value is -1.74. The third-order valence-electron chi connectivity index (χ3n) is 4.25. The van der Waals surface area contributed by atoms with E-state index in [2.05, 4.69) is 10.3 Å². The molecule has 2 heterocycles. The predicted molar refractivity (Wildman–Crippen MR) is 101 cm³/mol. The zero-order chi connectivity index (χ0) is 17.9. The average Bonchev–Trinajstić information content (AvgIpc) is 3.13. The van der Waals surface area contributed by atoms with Crippen LogP contribution >= 0.6 is 12.4 Å². The first-order chi connectivity index (χ1) is 12.0. The highest BCUT2D eigenvalue weighted by Crippen LogP contribution is 2.24. The zero-order valence-electron chi connectivity index (χ0n) is 14.4.